The molecule has 0 aromatic carbocycles. The molecule has 0 unspecified atom stereocenters. The van der Waals surface area contributed by atoms with E-state index >= 15 is 0 Å². The van der Waals surface area contributed by atoms with Crippen LogP contribution < -0.4 is 0 Å². The van der Waals surface area contributed by atoms with Crippen LogP contribution in [0.1, 0.15) is 291 Å². The van der Waals surface area contributed by atoms with Gasteiger partial charge in [-0.25, -0.2) is 0 Å². The molecule has 0 saturated heterocycles. The van der Waals surface area contributed by atoms with E-state index in [9.17, 15) is 19.2 Å². The summed E-state index contributed by atoms with van der Waals surface area (Å²) in [5, 5.41) is 0. The van der Waals surface area contributed by atoms with Crippen molar-refractivity contribution in [2.45, 2.75) is 291 Å². The molecular formula is C54H102O8. The zero-order valence-corrected chi connectivity index (χ0v) is 41.6. The minimum absolute atomic E-state index is 0.0577. The lowest BCUT2D eigenvalue weighted by Gasteiger charge is -2.27. The Bertz CT molecular complexity index is 919. The van der Waals surface area contributed by atoms with E-state index in [1.165, 1.54) is 154 Å². The molecule has 0 spiro atoms. The van der Waals surface area contributed by atoms with E-state index in [-0.39, 0.29) is 26.4 Å². The molecule has 8 heteroatoms. The molecule has 62 heavy (non-hydrogen) atoms. The van der Waals surface area contributed by atoms with Gasteiger partial charge in [-0.2, -0.15) is 0 Å². The second kappa shape index (κ2) is 46.9. The average molecular weight is 879 g/mol. The lowest BCUT2D eigenvalue weighted by molar-refractivity contribution is -0.188. The fourth-order valence-corrected chi connectivity index (χ4v) is 8.14. The Hall–Kier alpha value is -2.12. The number of carbonyl (C=O) groups excluding carboxylic acids is 4. The summed E-state index contributed by atoms with van der Waals surface area (Å²) in [5.41, 5.74) is -2.55. The number of esters is 4. The van der Waals surface area contributed by atoms with Gasteiger partial charge in [-0.15, -0.1) is 0 Å². The van der Waals surface area contributed by atoms with Gasteiger partial charge >= 0.3 is 23.9 Å². The molecule has 0 radical (unpaired) electrons. The van der Waals surface area contributed by atoms with Crippen LogP contribution in [-0.2, 0) is 38.1 Å². The first kappa shape index (κ1) is 59.9. The molecule has 0 aromatic heterocycles. The van der Waals surface area contributed by atoms with E-state index in [1.807, 2.05) is 0 Å². The number of ether oxygens (including phenoxy) is 4. The van der Waals surface area contributed by atoms with Crippen molar-refractivity contribution < 1.29 is 38.1 Å². The normalized spacial score (nSPS) is 11.5. The number of rotatable bonds is 49. The molecule has 0 fully saturated rings. The highest BCUT2D eigenvalue weighted by molar-refractivity contribution is 6.19. The third-order valence-electron chi connectivity index (χ3n) is 12.4. The molecule has 0 aromatic rings. The minimum atomic E-state index is -2.55. The highest BCUT2D eigenvalue weighted by atomic mass is 16.6. The van der Waals surface area contributed by atoms with Crippen LogP contribution in [0, 0.1) is 5.41 Å². The van der Waals surface area contributed by atoms with Crippen molar-refractivity contribution >= 4 is 23.9 Å². The van der Waals surface area contributed by atoms with Crippen LogP contribution in [0.3, 0.4) is 0 Å². The first-order chi connectivity index (χ1) is 30.4. The number of hydrogen-bond acceptors (Lipinski definition) is 8. The third kappa shape index (κ3) is 35.3. The van der Waals surface area contributed by atoms with Gasteiger partial charge in [-0.05, 0) is 25.7 Å². The highest BCUT2D eigenvalue weighted by Gasteiger charge is 2.59. The maximum Gasteiger partial charge on any atom is 0.335 e. The molecule has 0 heterocycles. The predicted octanol–water partition coefficient (Wildman–Crippen LogP) is 16.2. The number of unbranched alkanes of at least 4 members (excludes halogenated alkanes) is 36. The van der Waals surface area contributed by atoms with Crippen LogP contribution in [0.15, 0.2) is 0 Å². The summed E-state index contributed by atoms with van der Waals surface area (Å²) >= 11 is 0. The van der Waals surface area contributed by atoms with Crippen molar-refractivity contribution in [2.24, 2.45) is 5.41 Å². The molecule has 0 N–H and O–H groups in total. The maximum atomic E-state index is 14.1. The second-order valence-corrected chi connectivity index (χ2v) is 18.4. The van der Waals surface area contributed by atoms with E-state index in [0.29, 0.717) is 25.7 Å². The smallest absolute Gasteiger partial charge is 0.335 e. The highest BCUT2D eigenvalue weighted by Crippen LogP contribution is 2.31. The summed E-state index contributed by atoms with van der Waals surface area (Å²) in [5.74, 6) is -3.98. The van der Waals surface area contributed by atoms with Gasteiger partial charge in [0.05, 0.1) is 32.8 Å². The summed E-state index contributed by atoms with van der Waals surface area (Å²) in [6.07, 6.45) is 44.3. The Morgan fingerprint density at radius 1 is 0.258 bits per heavy atom. The molecule has 0 aliphatic heterocycles. The van der Waals surface area contributed by atoms with Crippen LogP contribution in [-0.4, -0.2) is 50.3 Å². The Morgan fingerprint density at radius 2 is 0.435 bits per heavy atom. The van der Waals surface area contributed by atoms with Crippen molar-refractivity contribution in [2.75, 3.05) is 26.4 Å². The standard InChI is InChI=1S/C54H102O8/c1-5-9-13-17-21-25-29-33-37-41-45-59-50(55)49-54(51(56)60-46-42-38-34-30-26-22-18-14-10-6-2,52(57)61-47-43-39-35-31-27-23-19-15-11-7-3)53(58)62-48-44-40-36-32-28-24-20-16-12-8-4/h5-49H2,1-4H3. The number of hydrogen-bond donors (Lipinski definition) is 0. The van der Waals surface area contributed by atoms with Gasteiger partial charge in [-0.1, -0.05) is 259 Å². The van der Waals surface area contributed by atoms with E-state index in [0.717, 1.165) is 77.0 Å². The maximum absolute atomic E-state index is 14.1. The Balaban J connectivity index is 5.54. The average Bonchev–Trinajstić information content (AvgIpc) is 3.27. The molecule has 0 atom stereocenters. The predicted molar refractivity (Wildman–Crippen MR) is 258 cm³/mol. The third-order valence-corrected chi connectivity index (χ3v) is 12.4. The van der Waals surface area contributed by atoms with Gasteiger partial charge in [0, 0.05) is 0 Å². The monoisotopic (exact) mass is 879 g/mol. The topological polar surface area (TPSA) is 105 Å². The molecule has 0 saturated carbocycles. The molecule has 0 rings (SSSR count). The van der Waals surface area contributed by atoms with Crippen LogP contribution in [0.5, 0.6) is 0 Å². The molecule has 0 aliphatic carbocycles. The quantitative estimate of drug-likeness (QED) is 0.0257. The van der Waals surface area contributed by atoms with Gasteiger partial charge in [0.2, 0.25) is 0 Å². The lowest BCUT2D eigenvalue weighted by Crippen LogP contribution is -2.51. The van der Waals surface area contributed by atoms with Crippen LogP contribution in [0.2, 0.25) is 0 Å². The molecule has 0 amide bonds. The number of carbonyl (C=O) groups is 4. The summed E-state index contributed by atoms with van der Waals surface area (Å²) in [6.45, 7) is 9.26. The largest absolute Gasteiger partial charge is 0.466 e. The lowest BCUT2D eigenvalue weighted by atomic mass is 9.84. The summed E-state index contributed by atoms with van der Waals surface area (Å²) in [6, 6.07) is 0. The van der Waals surface area contributed by atoms with Gasteiger partial charge in [0.15, 0.2) is 0 Å². The van der Waals surface area contributed by atoms with Crippen LogP contribution >= 0.6 is 0 Å². The fourth-order valence-electron chi connectivity index (χ4n) is 8.14. The first-order valence-electron chi connectivity index (χ1n) is 27.1. The van der Waals surface area contributed by atoms with Gasteiger partial charge < -0.3 is 18.9 Å². The molecular weight excluding hydrogens is 777 g/mol. The van der Waals surface area contributed by atoms with Crippen LogP contribution in [0.25, 0.3) is 0 Å². The van der Waals surface area contributed by atoms with Gasteiger partial charge in [0.1, 0.15) is 0 Å². The summed E-state index contributed by atoms with van der Waals surface area (Å²) in [7, 11) is 0. The second-order valence-electron chi connectivity index (χ2n) is 18.4. The Labute approximate surface area is 383 Å². The Kier molecular flexibility index (Phi) is 45.3. The first-order valence-corrected chi connectivity index (χ1v) is 27.1. The zero-order chi connectivity index (χ0) is 45.5. The fraction of sp³-hybridized carbons (Fsp3) is 0.926. The molecule has 8 nitrogen and oxygen atoms in total. The van der Waals surface area contributed by atoms with E-state index in [1.54, 1.807) is 0 Å². The van der Waals surface area contributed by atoms with Crippen molar-refractivity contribution in [3.8, 4) is 0 Å². The molecule has 0 bridgehead atoms. The minimum Gasteiger partial charge on any atom is -0.466 e. The summed E-state index contributed by atoms with van der Waals surface area (Å²) in [4.78, 5) is 55.7. The molecule has 366 valence electrons. The van der Waals surface area contributed by atoms with E-state index < -0.39 is 35.7 Å². The van der Waals surface area contributed by atoms with Crippen molar-refractivity contribution in [3.63, 3.8) is 0 Å². The zero-order valence-electron chi connectivity index (χ0n) is 41.6. The Morgan fingerprint density at radius 3 is 0.645 bits per heavy atom. The van der Waals surface area contributed by atoms with E-state index in [2.05, 4.69) is 27.7 Å². The van der Waals surface area contributed by atoms with Crippen molar-refractivity contribution in [3.05, 3.63) is 0 Å². The SMILES string of the molecule is CCCCCCCCCCCCOC(=O)CC(C(=O)OCCCCCCCCCCCC)(C(=O)OCCCCCCCCCCCC)C(=O)OCCCCCCCCCCCC. The van der Waals surface area contributed by atoms with Gasteiger partial charge in [0.25, 0.3) is 5.41 Å². The van der Waals surface area contributed by atoms with Crippen LogP contribution in [0.4, 0.5) is 0 Å². The van der Waals surface area contributed by atoms with Crippen molar-refractivity contribution in [1.82, 2.24) is 0 Å². The van der Waals surface area contributed by atoms with Crippen molar-refractivity contribution in [1.29, 1.82) is 0 Å². The van der Waals surface area contributed by atoms with E-state index in [4.69, 9.17) is 18.9 Å². The summed E-state index contributed by atoms with van der Waals surface area (Å²) < 4.78 is 22.7. The van der Waals surface area contributed by atoms with Gasteiger partial charge in [-0.3, -0.25) is 19.2 Å². The molecule has 0 aliphatic rings.